The fraction of sp³-hybridized carbons (Fsp3) is 0.517. The predicted molar refractivity (Wildman–Crippen MR) is 140 cm³/mol. The van der Waals surface area contributed by atoms with Gasteiger partial charge in [-0.2, -0.15) is 0 Å². The summed E-state index contributed by atoms with van der Waals surface area (Å²) in [6.45, 7) is 5.97. The van der Waals surface area contributed by atoms with E-state index < -0.39 is 0 Å². The average molecular weight is 494 g/mol. The molecule has 7 nitrogen and oxygen atoms in total. The average Bonchev–Trinajstić information content (AvgIpc) is 3.33. The fourth-order valence-corrected chi connectivity index (χ4v) is 5.39. The molecule has 1 N–H and O–H groups in total. The van der Waals surface area contributed by atoms with Crippen LogP contribution in [0.4, 0.5) is 0 Å². The van der Waals surface area contributed by atoms with E-state index in [1.54, 1.807) is 9.80 Å². The van der Waals surface area contributed by atoms with Crippen LogP contribution in [0.5, 0.6) is 0 Å². The second kappa shape index (κ2) is 11.5. The molecule has 7 heteroatoms. The van der Waals surface area contributed by atoms with Crippen molar-refractivity contribution in [2.24, 2.45) is 5.92 Å². The summed E-state index contributed by atoms with van der Waals surface area (Å²) >= 11 is 0. The molecule has 0 bridgehead atoms. The zero-order chi connectivity index (χ0) is 25.8. The highest BCUT2D eigenvalue weighted by atomic mass is 16.5. The summed E-state index contributed by atoms with van der Waals surface area (Å²) in [5, 5.41) is 9.99. The summed E-state index contributed by atoms with van der Waals surface area (Å²) in [6.07, 6.45) is 1.63. The van der Waals surface area contributed by atoms with Gasteiger partial charge in [0, 0.05) is 31.6 Å². The minimum atomic E-state index is -0.351. The van der Waals surface area contributed by atoms with E-state index in [1.807, 2.05) is 69.6 Å². The van der Waals surface area contributed by atoms with Crippen molar-refractivity contribution < 1.29 is 19.4 Å². The number of aliphatic hydroxyl groups excluding tert-OH is 1. The molecule has 0 saturated carbocycles. The first-order chi connectivity index (χ1) is 17.3. The fourth-order valence-electron chi connectivity index (χ4n) is 5.39. The Kier molecular flexibility index (Phi) is 8.44. The van der Waals surface area contributed by atoms with Crippen LogP contribution < -0.4 is 0 Å². The van der Waals surface area contributed by atoms with Crippen molar-refractivity contribution in [3.8, 4) is 11.1 Å². The van der Waals surface area contributed by atoms with E-state index in [0.29, 0.717) is 25.3 Å². The number of nitrogens with zero attached hydrogens (tertiary/aromatic N) is 3. The molecule has 1 fully saturated rings. The number of fused-ring (bicyclic) bond motifs is 3. The molecule has 36 heavy (non-hydrogen) atoms. The molecule has 0 radical (unpaired) electrons. The standard InChI is InChI=1S/C29H39N3O4/c1-20-16-32(21(2)18-33)28(34)25-13-8-7-12-24(25)23-11-6-5-10-22(23)19-36-27(20)17-31(4)29(35)26-14-9-15-30(26)3/h5-8,10-13,20-21,26-27,33H,9,14-19H2,1-4H3/t20-,21-,26-,27-/m0/s1. The summed E-state index contributed by atoms with van der Waals surface area (Å²) in [7, 11) is 3.85. The lowest BCUT2D eigenvalue weighted by molar-refractivity contribution is -0.137. The number of ether oxygens (including phenoxy) is 1. The van der Waals surface area contributed by atoms with Gasteiger partial charge in [-0.25, -0.2) is 0 Å². The van der Waals surface area contributed by atoms with E-state index in [2.05, 4.69) is 11.8 Å². The highest BCUT2D eigenvalue weighted by Crippen LogP contribution is 2.31. The van der Waals surface area contributed by atoms with Crippen molar-refractivity contribution in [1.29, 1.82) is 0 Å². The second-order valence-electron chi connectivity index (χ2n) is 10.4. The Hall–Kier alpha value is -2.74. The van der Waals surface area contributed by atoms with Crippen LogP contribution in [0.3, 0.4) is 0 Å². The third-order valence-electron chi connectivity index (χ3n) is 7.73. The number of likely N-dealkylation sites (tertiary alicyclic amines) is 1. The Morgan fingerprint density at radius 3 is 2.47 bits per heavy atom. The van der Waals surface area contributed by atoms with Gasteiger partial charge in [-0.05, 0) is 56.1 Å². The van der Waals surface area contributed by atoms with Gasteiger partial charge >= 0.3 is 0 Å². The largest absolute Gasteiger partial charge is 0.394 e. The molecular formula is C29H39N3O4. The quantitative estimate of drug-likeness (QED) is 0.692. The molecule has 1 saturated heterocycles. The zero-order valence-electron chi connectivity index (χ0n) is 21.9. The van der Waals surface area contributed by atoms with Gasteiger partial charge < -0.3 is 19.6 Å². The molecule has 194 valence electrons. The molecule has 2 aromatic rings. The molecule has 0 unspecified atom stereocenters. The first-order valence-electron chi connectivity index (χ1n) is 13.0. The smallest absolute Gasteiger partial charge is 0.254 e. The van der Waals surface area contributed by atoms with E-state index in [-0.39, 0.29) is 42.5 Å². The van der Waals surface area contributed by atoms with Gasteiger partial charge in [0.15, 0.2) is 0 Å². The van der Waals surface area contributed by atoms with E-state index in [1.165, 1.54) is 0 Å². The summed E-state index contributed by atoms with van der Waals surface area (Å²) in [4.78, 5) is 32.8. The van der Waals surface area contributed by atoms with Crippen molar-refractivity contribution in [3.05, 3.63) is 59.7 Å². The van der Waals surface area contributed by atoms with Crippen LogP contribution in [0.25, 0.3) is 11.1 Å². The lowest BCUT2D eigenvalue weighted by Gasteiger charge is -2.35. The van der Waals surface area contributed by atoms with Crippen LogP contribution in [0.2, 0.25) is 0 Å². The molecule has 2 amide bonds. The van der Waals surface area contributed by atoms with Gasteiger partial charge in [0.2, 0.25) is 5.91 Å². The van der Waals surface area contributed by atoms with Crippen LogP contribution in [0, 0.1) is 5.92 Å². The van der Waals surface area contributed by atoms with Crippen LogP contribution in [-0.4, -0.2) is 90.1 Å². The zero-order valence-corrected chi connectivity index (χ0v) is 21.9. The van der Waals surface area contributed by atoms with Crippen molar-refractivity contribution in [2.75, 3.05) is 40.3 Å². The van der Waals surface area contributed by atoms with E-state index in [4.69, 9.17) is 4.74 Å². The van der Waals surface area contributed by atoms with Gasteiger partial charge in [0.05, 0.1) is 31.4 Å². The molecule has 2 heterocycles. The van der Waals surface area contributed by atoms with Gasteiger partial charge in [-0.3, -0.25) is 14.5 Å². The van der Waals surface area contributed by atoms with Gasteiger partial charge in [0.25, 0.3) is 5.91 Å². The molecule has 4 atom stereocenters. The summed E-state index contributed by atoms with van der Waals surface area (Å²) < 4.78 is 6.53. The lowest BCUT2D eigenvalue weighted by atomic mass is 9.94. The van der Waals surface area contributed by atoms with E-state index >= 15 is 0 Å². The minimum Gasteiger partial charge on any atom is -0.394 e. The molecule has 0 aliphatic carbocycles. The number of likely N-dealkylation sites (N-methyl/N-ethyl adjacent to an activating group) is 2. The normalized spacial score (nSPS) is 24.0. The molecule has 0 spiro atoms. The number of rotatable bonds is 5. The summed E-state index contributed by atoms with van der Waals surface area (Å²) in [5.74, 6) is -0.0482. The summed E-state index contributed by atoms with van der Waals surface area (Å²) in [5.41, 5.74) is 3.44. The molecular weight excluding hydrogens is 454 g/mol. The number of hydrogen-bond donors (Lipinski definition) is 1. The Balaban J connectivity index is 1.68. The van der Waals surface area contributed by atoms with Crippen LogP contribution in [0.15, 0.2) is 48.5 Å². The third-order valence-corrected chi connectivity index (χ3v) is 7.73. The Labute approximate surface area is 214 Å². The van der Waals surface area contributed by atoms with Crippen LogP contribution in [-0.2, 0) is 16.1 Å². The molecule has 4 rings (SSSR count). The Bertz CT molecular complexity index is 1070. The Morgan fingerprint density at radius 1 is 1.14 bits per heavy atom. The minimum absolute atomic E-state index is 0.0584. The number of hydrogen-bond acceptors (Lipinski definition) is 5. The Morgan fingerprint density at radius 2 is 1.81 bits per heavy atom. The topological polar surface area (TPSA) is 73.3 Å². The van der Waals surface area contributed by atoms with Crippen LogP contribution >= 0.6 is 0 Å². The first-order valence-corrected chi connectivity index (χ1v) is 13.0. The van der Waals surface area contributed by atoms with Crippen LogP contribution in [0.1, 0.15) is 42.6 Å². The monoisotopic (exact) mass is 493 g/mol. The first kappa shape index (κ1) is 26.3. The van der Waals surface area contributed by atoms with Gasteiger partial charge in [-0.1, -0.05) is 49.4 Å². The van der Waals surface area contributed by atoms with Crippen molar-refractivity contribution >= 4 is 11.8 Å². The molecule has 2 aliphatic rings. The SMILES string of the molecule is C[C@H]1CN([C@@H](C)CO)C(=O)c2ccccc2-c2ccccc2CO[C@H]1CN(C)C(=O)[C@@H]1CCCN1C. The second-order valence-corrected chi connectivity index (χ2v) is 10.4. The van der Waals surface area contributed by atoms with Crippen molar-refractivity contribution in [2.45, 2.75) is 51.5 Å². The van der Waals surface area contributed by atoms with Crippen molar-refractivity contribution in [1.82, 2.24) is 14.7 Å². The lowest BCUT2D eigenvalue weighted by Crippen LogP contribution is -2.49. The van der Waals surface area contributed by atoms with E-state index in [0.717, 1.165) is 36.1 Å². The maximum atomic E-state index is 13.9. The predicted octanol–water partition coefficient (Wildman–Crippen LogP) is 3.26. The molecule has 2 aromatic carbocycles. The van der Waals surface area contributed by atoms with E-state index in [9.17, 15) is 14.7 Å². The van der Waals surface area contributed by atoms with Gasteiger partial charge in [-0.15, -0.1) is 0 Å². The number of aliphatic hydroxyl groups is 1. The maximum absolute atomic E-state index is 13.9. The highest BCUT2D eigenvalue weighted by molar-refractivity contribution is 6.01. The maximum Gasteiger partial charge on any atom is 0.254 e. The van der Waals surface area contributed by atoms with Gasteiger partial charge in [0.1, 0.15) is 0 Å². The number of amides is 2. The number of benzene rings is 2. The summed E-state index contributed by atoms with van der Waals surface area (Å²) in [6, 6.07) is 15.2. The molecule has 0 aromatic heterocycles. The number of carbonyl (C=O) groups excluding carboxylic acids is 2. The number of carbonyl (C=O) groups is 2. The van der Waals surface area contributed by atoms with Crippen molar-refractivity contribution in [3.63, 3.8) is 0 Å². The molecule has 2 aliphatic heterocycles. The highest BCUT2D eigenvalue weighted by Gasteiger charge is 2.34. The third kappa shape index (κ3) is 5.48.